The third kappa shape index (κ3) is 6.52. The number of ether oxygens (including phenoxy) is 2. The molecule has 0 radical (unpaired) electrons. The summed E-state index contributed by atoms with van der Waals surface area (Å²) < 4.78 is 61.4. The lowest BCUT2D eigenvalue weighted by Crippen LogP contribution is -2.53. The van der Waals surface area contributed by atoms with Crippen LogP contribution >= 0.6 is 0 Å². The zero-order chi connectivity index (χ0) is 24.1. The molecule has 0 bridgehead atoms. The van der Waals surface area contributed by atoms with Gasteiger partial charge in [0.2, 0.25) is 5.91 Å². The Morgan fingerprint density at radius 1 is 1.24 bits per heavy atom. The number of urea groups is 1. The molecular weight excluding hydrogens is 462 g/mol. The molecule has 1 saturated carbocycles. The van der Waals surface area contributed by atoms with Gasteiger partial charge in [-0.3, -0.25) is 4.79 Å². The van der Waals surface area contributed by atoms with Crippen LogP contribution in [0.1, 0.15) is 18.4 Å². The first kappa shape index (κ1) is 24.7. The molecule has 2 fully saturated rings. The molecule has 1 saturated heterocycles. The van der Waals surface area contributed by atoms with E-state index in [2.05, 4.69) is 15.4 Å². The number of benzene rings is 1. The minimum absolute atomic E-state index is 0.0588. The lowest BCUT2D eigenvalue weighted by molar-refractivity contribution is -0.121. The van der Waals surface area contributed by atoms with Crippen LogP contribution in [-0.4, -0.2) is 75.5 Å². The van der Waals surface area contributed by atoms with Gasteiger partial charge in [0.05, 0.1) is 25.0 Å². The minimum Gasteiger partial charge on any atom is -0.435 e. The molecule has 3 amide bonds. The highest BCUT2D eigenvalue weighted by molar-refractivity contribution is 7.92. The first-order valence-electron chi connectivity index (χ1n) is 10.2. The largest absolute Gasteiger partial charge is 0.435 e. The van der Waals surface area contributed by atoms with Crippen LogP contribution in [0.15, 0.2) is 24.3 Å². The Hall–Kier alpha value is -2.98. The number of rotatable bonds is 9. The van der Waals surface area contributed by atoms with Crippen LogP contribution in [0.5, 0.6) is 5.75 Å². The van der Waals surface area contributed by atoms with Gasteiger partial charge < -0.3 is 25.0 Å². The SMILES string of the molecule is N#CC1(NC(=O)[C@@H](CNC(=O)N2CCOCC2)S(=O)(=O)Cc2ccccc2OC(F)F)CC1. The van der Waals surface area contributed by atoms with Crippen LogP contribution in [0.3, 0.4) is 0 Å². The van der Waals surface area contributed by atoms with Crippen molar-refractivity contribution in [3.63, 3.8) is 0 Å². The lowest BCUT2D eigenvalue weighted by Gasteiger charge is -2.28. The van der Waals surface area contributed by atoms with Gasteiger partial charge in [-0.05, 0) is 18.9 Å². The van der Waals surface area contributed by atoms with Gasteiger partial charge in [-0.2, -0.15) is 14.0 Å². The van der Waals surface area contributed by atoms with E-state index in [-0.39, 0.29) is 11.3 Å². The van der Waals surface area contributed by atoms with Crippen LogP contribution in [0.4, 0.5) is 13.6 Å². The standard InChI is InChI=1S/C20H24F2N4O6S/c21-18(22)32-15-4-2-1-3-14(15)12-33(29,30)16(17(27)25-20(13-23)5-6-20)11-24-19(28)26-7-9-31-10-8-26/h1-4,16,18H,5-12H2,(H,24,28)(H,25,27)/t16-/m1/s1. The first-order valence-corrected chi connectivity index (χ1v) is 12.0. The van der Waals surface area contributed by atoms with Gasteiger partial charge in [0.25, 0.3) is 0 Å². The molecule has 2 N–H and O–H groups in total. The van der Waals surface area contributed by atoms with Gasteiger partial charge in [-0.1, -0.05) is 18.2 Å². The monoisotopic (exact) mass is 486 g/mol. The number of carbonyl (C=O) groups is 2. The quantitative estimate of drug-likeness (QED) is 0.526. The number of hydrogen-bond donors (Lipinski definition) is 2. The average Bonchev–Trinajstić information content (AvgIpc) is 3.55. The number of amides is 3. The molecular formula is C20H24F2N4O6S. The molecule has 2 aliphatic rings. The molecule has 0 spiro atoms. The summed E-state index contributed by atoms with van der Waals surface area (Å²) in [6.07, 6.45) is 0.764. The van der Waals surface area contributed by atoms with E-state index < -0.39 is 51.5 Å². The molecule has 0 aromatic heterocycles. The van der Waals surface area contributed by atoms with Gasteiger partial charge in [-0.25, -0.2) is 13.2 Å². The highest BCUT2D eigenvalue weighted by atomic mass is 32.2. The molecule has 180 valence electrons. The Bertz CT molecular complexity index is 1020. The Labute approximate surface area is 189 Å². The van der Waals surface area contributed by atoms with Crippen LogP contribution in [-0.2, 0) is 25.1 Å². The molecule has 1 aliphatic carbocycles. The summed E-state index contributed by atoms with van der Waals surface area (Å²) >= 11 is 0. The maximum absolute atomic E-state index is 13.2. The number of para-hydroxylation sites is 1. The van der Waals surface area contributed by atoms with Gasteiger partial charge in [-0.15, -0.1) is 0 Å². The molecule has 10 nitrogen and oxygen atoms in total. The van der Waals surface area contributed by atoms with Gasteiger partial charge in [0.1, 0.15) is 11.3 Å². The van der Waals surface area contributed by atoms with Crippen molar-refractivity contribution in [3.05, 3.63) is 29.8 Å². The van der Waals surface area contributed by atoms with Crippen LogP contribution in [0.25, 0.3) is 0 Å². The second-order valence-corrected chi connectivity index (χ2v) is 9.93. The smallest absolute Gasteiger partial charge is 0.387 e. The van der Waals surface area contributed by atoms with Crippen molar-refractivity contribution < 1.29 is 36.3 Å². The van der Waals surface area contributed by atoms with E-state index in [9.17, 15) is 32.0 Å². The highest BCUT2D eigenvalue weighted by Crippen LogP contribution is 2.34. The number of morpholine rings is 1. The van der Waals surface area contributed by atoms with E-state index in [1.54, 1.807) is 0 Å². The summed E-state index contributed by atoms with van der Waals surface area (Å²) in [7, 11) is -4.32. The molecule has 3 rings (SSSR count). The molecule has 13 heteroatoms. The molecule has 33 heavy (non-hydrogen) atoms. The van der Waals surface area contributed by atoms with Crippen LogP contribution < -0.4 is 15.4 Å². The fourth-order valence-electron chi connectivity index (χ4n) is 3.30. The third-order valence-electron chi connectivity index (χ3n) is 5.33. The molecule has 1 heterocycles. The van der Waals surface area contributed by atoms with Gasteiger partial charge in [0, 0.05) is 25.2 Å². The lowest BCUT2D eigenvalue weighted by atomic mass is 10.2. The van der Waals surface area contributed by atoms with Crippen molar-refractivity contribution in [3.8, 4) is 11.8 Å². The Kier molecular flexibility index (Phi) is 7.70. The number of carbonyl (C=O) groups excluding carboxylic acids is 2. The average molecular weight is 486 g/mol. The highest BCUT2D eigenvalue weighted by Gasteiger charge is 2.47. The van der Waals surface area contributed by atoms with E-state index in [4.69, 9.17) is 4.74 Å². The second-order valence-electron chi connectivity index (χ2n) is 7.75. The number of alkyl halides is 2. The molecule has 1 aliphatic heterocycles. The maximum atomic E-state index is 13.2. The van der Waals surface area contributed by atoms with Crippen LogP contribution in [0, 0.1) is 11.3 Å². The van der Waals surface area contributed by atoms with Crippen molar-refractivity contribution in [2.45, 2.75) is 36.0 Å². The van der Waals surface area contributed by atoms with Crippen LogP contribution in [0.2, 0.25) is 0 Å². The van der Waals surface area contributed by atoms with Crippen molar-refractivity contribution in [1.82, 2.24) is 15.5 Å². The number of sulfone groups is 1. The van der Waals surface area contributed by atoms with E-state index in [0.29, 0.717) is 39.1 Å². The molecule has 1 aromatic carbocycles. The topological polar surface area (TPSA) is 138 Å². The minimum atomic E-state index is -4.32. The summed E-state index contributed by atoms with van der Waals surface area (Å²) in [6, 6.07) is 6.74. The van der Waals surface area contributed by atoms with Crippen molar-refractivity contribution in [1.29, 1.82) is 5.26 Å². The van der Waals surface area contributed by atoms with Crippen molar-refractivity contribution >= 4 is 21.8 Å². The molecule has 1 aromatic rings. The molecule has 0 unspecified atom stereocenters. The summed E-state index contributed by atoms with van der Waals surface area (Å²) in [5, 5.41) is 12.4. The number of nitrogens with one attached hydrogen (secondary N) is 2. The predicted molar refractivity (Wildman–Crippen MR) is 111 cm³/mol. The zero-order valence-corrected chi connectivity index (χ0v) is 18.4. The summed E-state index contributed by atoms with van der Waals surface area (Å²) in [5.74, 6) is -2.05. The summed E-state index contributed by atoms with van der Waals surface area (Å²) in [5.41, 5.74) is -1.19. The van der Waals surface area contributed by atoms with E-state index >= 15 is 0 Å². The normalized spacial score (nSPS) is 18.2. The zero-order valence-electron chi connectivity index (χ0n) is 17.6. The summed E-state index contributed by atoms with van der Waals surface area (Å²) in [4.78, 5) is 26.7. The van der Waals surface area contributed by atoms with E-state index in [0.717, 1.165) is 0 Å². The van der Waals surface area contributed by atoms with E-state index in [1.807, 2.05) is 6.07 Å². The van der Waals surface area contributed by atoms with Gasteiger partial charge in [0.15, 0.2) is 15.1 Å². The van der Waals surface area contributed by atoms with Crippen molar-refractivity contribution in [2.75, 3.05) is 32.8 Å². The third-order valence-corrected chi connectivity index (χ3v) is 7.30. The molecule has 1 atom stereocenters. The maximum Gasteiger partial charge on any atom is 0.387 e. The fourth-order valence-corrected chi connectivity index (χ4v) is 4.89. The number of nitriles is 1. The first-order chi connectivity index (χ1) is 15.7. The predicted octanol–water partition coefficient (Wildman–Crippen LogP) is 0.786. The second kappa shape index (κ2) is 10.3. The van der Waals surface area contributed by atoms with E-state index in [1.165, 1.54) is 29.2 Å². The Morgan fingerprint density at radius 3 is 2.52 bits per heavy atom. The van der Waals surface area contributed by atoms with Crippen molar-refractivity contribution in [2.24, 2.45) is 0 Å². The van der Waals surface area contributed by atoms with Gasteiger partial charge >= 0.3 is 12.6 Å². The Balaban J connectivity index is 1.79. The fraction of sp³-hybridized carbons (Fsp3) is 0.550. The number of nitrogens with zero attached hydrogens (tertiary/aromatic N) is 2. The number of hydrogen-bond acceptors (Lipinski definition) is 7. The number of halogens is 2. The Morgan fingerprint density at radius 2 is 1.91 bits per heavy atom. The summed E-state index contributed by atoms with van der Waals surface area (Å²) in [6.45, 7) is -2.42.